The van der Waals surface area contributed by atoms with Crippen LogP contribution in [-0.4, -0.2) is 35.1 Å². The Bertz CT molecular complexity index is 422. The number of hydrogen-bond donors (Lipinski definition) is 3. The molecular weight excluding hydrogens is 304 g/mol. The van der Waals surface area contributed by atoms with Crippen molar-refractivity contribution < 1.29 is 9.90 Å². The maximum Gasteiger partial charge on any atom is 0.242 e. The second-order valence-corrected chi connectivity index (χ2v) is 5.80. The number of amides is 1. The predicted molar refractivity (Wildman–Crippen MR) is 73.6 cm³/mol. The summed E-state index contributed by atoms with van der Waals surface area (Å²) in [6.45, 7) is 0.840. The summed E-state index contributed by atoms with van der Waals surface area (Å²) in [5.74, 6) is 1.77. The molecule has 1 atom stereocenters. The van der Waals surface area contributed by atoms with Crippen LogP contribution < -0.4 is 10.6 Å². The Morgan fingerprint density at radius 3 is 3.12 bits per heavy atom. The zero-order valence-corrected chi connectivity index (χ0v) is 11.5. The van der Waals surface area contributed by atoms with Gasteiger partial charge in [0.05, 0.1) is 11.7 Å². The summed E-state index contributed by atoms with van der Waals surface area (Å²) >= 11 is 5.05. The quantitative estimate of drug-likeness (QED) is 0.728. The van der Waals surface area contributed by atoms with E-state index >= 15 is 0 Å². The van der Waals surface area contributed by atoms with Gasteiger partial charge in [-0.3, -0.25) is 4.79 Å². The number of aromatic hydroxyl groups is 1. The molecule has 0 saturated carbocycles. The molecule has 1 aliphatic heterocycles. The lowest BCUT2D eigenvalue weighted by Gasteiger charge is -2.22. The summed E-state index contributed by atoms with van der Waals surface area (Å²) in [5.41, 5.74) is 0.432. The highest BCUT2D eigenvalue weighted by Gasteiger charge is 2.21. The van der Waals surface area contributed by atoms with Crippen LogP contribution in [0.4, 0.5) is 5.69 Å². The Hall–Kier alpha value is -0.720. The summed E-state index contributed by atoms with van der Waals surface area (Å²) in [6.07, 6.45) is 0. The summed E-state index contributed by atoms with van der Waals surface area (Å²) < 4.78 is 0.816. The molecule has 1 heterocycles. The van der Waals surface area contributed by atoms with Crippen LogP contribution in [0.3, 0.4) is 0 Å². The van der Waals surface area contributed by atoms with Gasteiger partial charge in [0.1, 0.15) is 5.75 Å². The first kappa shape index (κ1) is 12.7. The first-order valence-electron chi connectivity index (χ1n) is 5.27. The molecule has 1 fully saturated rings. The molecule has 1 aliphatic rings. The van der Waals surface area contributed by atoms with Crippen LogP contribution in [0.25, 0.3) is 0 Å². The van der Waals surface area contributed by atoms with Gasteiger partial charge < -0.3 is 15.7 Å². The Morgan fingerprint density at radius 1 is 1.59 bits per heavy atom. The third kappa shape index (κ3) is 3.37. The van der Waals surface area contributed by atoms with Gasteiger partial charge in [-0.2, -0.15) is 11.8 Å². The van der Waals surface area contributed by atoms with Crippen LogP contribution >= 0.6 is 27.7 Å². The van der Waals surface area contributed by atoms with E-state index in [1.165, 1.54) is 0 Å². The van der Waals surface area contributed by atoms with Gasteiger partial charge in [0, 0.05) is 22.5 Å². The number of anilines is 1. The van der Waals surface area contributed by atoms with E-state index in [4.69, 9.17) is 0 Å². The fraction of sp³-hybridized carbons (Fsp3) is 0.364. The van der Waals surface area contributed by atoms with Crippen molar-refractivity contribution in [3.05, 3.63) is 22.7 Å². The third-order valence-corrected chi connectivity index (χ3v) is 4.01. The molecule has 2 rings (SSSR count). The molecule has 3 N–H and O–H groups in total. The van der Waals surface area contributed by atoms with E-state index in [9.17, 15) is 9.90 Å². The number of thioether (sulfide) groups is 1. The van der Waals surface area contributed by atoms with Crippen LogP contribution in [0, 0.1) is 0 Å². The molecular formula is C11H13BrN2O2S. The molecule has 0 aromatic heterocycles. The van der Waals surface area contributed by atoms with E-state index in [0.29, 0.717) is 5.69 Å². The van der Waals surface area contributed by atoms with Crippen LogP contribution in [0.2, 0.25) is 0 Å². The summed E-state index contributed by atoms with van der Waals surface area (Å²) in [6, 6.07) is 4.76. The summed E-state index contributed by atoms with van der Waals surface area (Å²) in [7, 11) is 0. The molecule has 0 spiro atoms. The number of nitrogens with one attached hydrogen (secondary N) is 2. The van der Waals surface area contributed by atoms with E-state index in [1.807, 2.05) is 0 Å². The lowest BCUT2D eigenvalue weighted by atomic mass is 10.2. The molecule has 1 aromatic rings. The first-order valence-corrected chi connectivity index (χ1v) is 7.22. The fourth-order valence-corrected chi connectivity index (χ4v) is 2.86. The molecule has 1 amide bonds. The Balaban J connectivity index is 2.04. The van der Waals surface area contributed by atoms with E-state index in [0.717, 1.165) is 22.5 Å². The number of phenolic OH excluding ortho intramolecular Hbond substituents is 1. The van der Waals surface area contributed by atoms with E-state index in [-0.39, 0.29) is 17.7 Å². The van der Waals surface area contributed by atoms with Crippen LogP contribution in [0.1, 0.15) is 0 Å². The number of rotatable bonds is 2. The molecule has 1 unspecified atom stereocenters. The Morgan fingerprint density at radius 2 is 2.41 bits per heavy atom. The lowest BCUT2D eigenvalue weighted by molar-refractivity contribution is -0.117. The van der Waals surface area contributed by atoms with Crippen LogP contribution in [0.15, 0.2) is 22.7 Å². The number of halogens is 1. The molecule has 92 valence electrons. The van der Waals surface area contributed by atoms with Crippen molar-refractivity contribution in [2.24, 2.45) is 0 Å². The van der Waals surface area contributed by atoms with Crippen LogP contribution in [-0.2, 0) is 4.79 Å². The molecule has 1 saturated heterocycles. The minimum absolute atomic E-state index is 0.0741. The second-order valence-electron chi connectivity index (χ2n) is 3.73. The smallest absolute Gasteiger partial charge is 0.242 e. The topological polar surface area (TPSA) is 61.4 Å². The van der Waals surface area contributed by atoms with Gasteiger partial charge in [-0.25, -0.2) is 0 Å². The van der Waals surface area contributed by atoms with Crippen molar-refractivity contribution in [1.82, 2.24) is 5.32 Å². The largest absolute Gasteiger partial charge is 0.506 e. The molecule has 4 nitrogen and oxygen atoms in total. The van der Waals surface area contributed by atoms with Gasteiger partial charge in [0.15, 0.2) is 0 Å². The van der Waals surface area contributed by atoms with Crippen molar-refractivity contribution in [3.8, 4) is 5.75 Å². The molecule has 0 aliphatic carbocycles. The summed E-state index contributed by atoms with van der Waals surface area (Å²) in [5, 5.41) is 15.5. The van der Waals surface area contributed by atoms with Crippen molar-refractivity contribution >= 4 is 39.3 Å². The van der Waals surface area contributed by atoms with Crippen molar-refractivity contribution in [2.75, 3.05) is 23.4 Å². The fourth-order valence-electron chi connectivity index (χ4n) is 1.56. The highest BCUT2D eigenvalue weighted by atomic mass is 79.9. The highest BCUT2D eigenvalue weighted by Crippen LogP contribution is 2.27. The van der Waals surface area contributed by atoms with Crippen molar-refractivity contribution in [1.29, 1.82) is 0 Å². The lowest BCUT2D eigenvalue weighted by Crippen LogP contribution is -2.46. The van der Waals surface area contributed by atoms with Gasteiger partial charge >= 0.3 is 0 Å². The van der Waals surface area contributed by atoms with Gasteiger partial charge in [-0.15, -0.1) is 0 Å². The zero-order valence-electron chi connectivity index (χ0n) is 9.07. The van der Waals surface area contributed by atoms with Gasteiger partial charge in [0.2, 0.25) is 5.91 Å². The van der Waals surface area contributed by atoms with Gasteiger partial charge in [0.25, 0.3) is 0 Å². The van der Waals surface area contributed by atoms with E-state index in [1.54, 1.807) is 30.0 Å². The molecule has 6 heteroatoms. The SMILES string of the molecule is O=C(Nc1cc(Br)ccc1O)C1CSCCN1. The Kier molecular flexibility index (Phi) is 4.31. The molecule has 0 bridgehead atoms. The number of hydrogen-bond acceptors (Lipinski definition) is 4. The maximum absolute atomic E-state index is 11.9. The zero-order chi connectivity index (χ0) is 12.3. The van der Waals surface area contributed by atoms with Crippen molar-refractivity contribution in [3.63, 3.8) is 0 Å². The molecule has 0 radical (unpaired) electrons. The number of phenols is 1. The minimum Gasteiger partial charge on any atom is -0.506 e. The van der Waals surface area contributed by atoms with Crippen LogP contribution in [0.5, 0.6) is 5.75 Å². The normalized spacial score (nSPS) is 19.9. The number of benzene rings is 1. The number of carbonyl (C=O) groups excluding carboxylic acids is 1. The average Bonchev–Trinajstić information content (AvgIpc) is 2.35. The van der Waals surface area contributed by atoms with Crippen molar-refractivity contribution in [2.45, 2.75) is 6.04 Å². The standard InChI is InChI=1S/C11H13BrN2O2S/c12-7-1-2-10(15)8(5-7)14-11(16)9-6-17-4-3-13-9/h1-2,5,9,13,15H,3-4,6H2,(H,14,16). The number of carbonyl (C=O) groups is 1. The monoisotopic (exact) mass is 316 g/mol. The highest BCUT2D eigenvalue weighted by molar-refractivity contribution is 9.10. The minimum atomic E-state index is -0.188. The average molecular weight is 317 g/mol. The second kappa shape index (κ2) is 5.75. The van der Waals surface area contributed by atoms with Gasteiger partial charge in [-0.05, 0) is 18.2 Å². The molecule has 17 heavy (non-hydrogen) atoms. The molecule has 1 aromatic carbocycles. The van der Waals surface area contributed by atoms with E-state index < -0.39 is 0 Å². The van der Waals surface area contributed by atoms with E-state index in [2.05, 4.69) is 26.6 Å². The first-order chi connectivity index (χ1) is 8.16. The maximum atomic E-state index is 11.9. The Labute approximate surface area is 112 Å². The third-order valence-electron chi connectivity index (χ3n) is 2.45. The predicted octanol–water partition coefficient (Wildman–Crippen LogP) is 1.80. The van der Waals surface area contributed by atoms with Gasteiger partial charge in [-0.1, -0.05) is 15.9 Å². The summed E-state index contributed by atoms with van der Waals surface area (Å²) in [4.78, 5) is 11.9.